The highest BCUT2D eigenvalue weighted by molar-refractivity contribution is 4.61. The number of rotatable bonds is 18. The van der Waals surface area contributed by atoms with Gasteiger partial charge in [0.2, 0.25) is 0 Å². The molecule has 0 heterocycles. The summed E-state index contributed by atoms with van der Waals surface area (Å²) in [6, 6.07) is 0. The molecule has 0 aliphatic carbocycles. The van der Waals surface area contributed by atoms with E-state index in [1.165, 1.54) is 0 Å². The number of nitrogens with zero attached hydrogens (tertiary/aromatic N) is 9. The molecule has 0 N–H and O–H groups in total. The van der Waals surface area contributed by atoms with Gasteiger partial charge in [-0.1, -0.05) is 17.2 Å². The van der Waals surface area contributed by atoms with E-state index in [2.05, 4.69) is 0 Å². The predicted octanol–water partition coefficient (Wildman–Crippen LogP) is -0.805. The third-order valence-corrected chi connectivity index (χ3v) is 4.26. The van der Waals surface area contributed by atoms with Crippen LogP contribution in [-0.2, 0) is 0 Å². The molecule has 0 radical (unpaired) electrons. The number of alkyl halides is 1. The van der Waals surface area contributed by atoms with Crippen molar-refractivity contribution >= 4 is 0 Å². The first-order valence-corrected chi connectivity index (χ1v) is 8.74. The van der Waals surface area contributed by atoms with Crippen LogP contribution in [-0.4, -0.2) is 82.6 Å². The third kappa shape index (κ3) is 6.92. The molecule has 0 saturated heterocycles. The second-order valence-electron chi connectivity index (χ2n) is 6.45. The lowest BCUT2D eigenvalue weighted by Crippen LogP contribution is -2.61. The number of unbranched alkanes of at least 4 members (excludes halogenated alkanes) is 3. The van der Waals surface area contributed by atoms with Crippen molar-refractivity contribution < 1.29 is 39.1 Å². The zero-order chi connectivity index (χ0) is 26.9. The lowest BCUT2D eigenvalue weighted by Gasteiger charge is -2.16. The van der Waals surface area contributed by atoms with Crippen molar-refractivity contribution in [2.45, 2.75) is 37.4 Å². The zero-order valence-corrected chi connectivity index (χ0v) is 16.8. The second-order valence-corrected chi connectivity index (χ2v) is 6.45. The summed E-state index contributed by atoms with van der Waals surface area (Å²) in [5.41, 5.74) is 0. The third-order valence-electron chi connectivity index (χ3n) is 4.26. The molecule has 0 atom stereocenters. The monoisotopic (exact) mass is 505 g/mol. The van der Waals surface area contributed by atoms with Gasteiger partial charge in [0.25, 0.3) is 13.1 Å². The quantitative estimate of drug-likeness (QED) is 0.0722. The van der Waals surface area contributed by atoms with Crippen molar-refractivity contribution in [2.24, 2.45) is 0 Å². The van der Waals surface area contributed by atoms with E-state index in [1.807, 2.05) is 0 Å². The van der Waals surface area contributed by atoms with Gasteiger partial charge < -0.3 is 0 Å². The highest BCUT2D eigenvalue weighted by Crippen LogP contribution is 2.17. The fraction of sp³-hybridized carbons (Fsp3) is 1.00. The largest absolute Gasteiger partial charge is 0.723 e. The van der Waals surface area contributed by atoms with E-state index in [0.717, 1.165) is 0 Å². The average molecular weight is 505 g/mol. The maximum atomic E-state index is 13.8. The number of hydrazine groups is 2. The van der Waals surface area contributed by atoms with Crippen molar-refractivity contribution in [3.63, 3.8) is 0 Å². The van der Waals surface area contributed by atoms with Gasteiger partial charge >= 0.3 is 11.7 Å². The molecule has 0 rings (SSSR count). The Kier molecular flexibility index (Phi) is 10.2. The highest BCUT2D eigenvalue weighted by Gasteiger charge is 2.73. The maximum absolute atomic E-state index is 13.8. The lowest BCUT2D eigenvalue weighted by atomic mass is 10.2. The zero-order valence-electron chi connectivity index (χ0n) is 16.8. The first-order chi connectivity index (χ1) is 15.5. The Bertz CT molecular complexity index is 804. The summed E-state index contributed by atoms with van der Waals surface area (Å²) in [7, 11) is 0. The molecule has 0 aliphatic heterocycles. The molecular formula is C10H16FN9O14. The molecule has 34 heavy (non-hydrogen) atoms. The Morgan fingerprint density at radius 1 is 0.529 bits per heavy atom. The Balaban J connectivity index is 4.96. The van der Waals surface area contributed by atoms with Crippen LogP contribution in [0.4, 0.5) is 4.39 Å². The molecule has 23 nitrogen and oxygen atoms in total. The molecule has 0 amide bonds. The molecule has 0 aliphatic rings. The Morgan fingerprint density at radius 2 is 0.853 bits per heavy atom. The van der Waals surface area contributed by atoms with E-state index < -0.39 is 72.6 Å². The van der Waals surface area contributed by atoms with Crippen LogP contribution in [0, 0.1) is 70.8 Å². The number of hydrogen-bond acceptors (Lipinski definition) is 14. The van der Waals surface area contributed by atoms with E-state index in [0.29, 0.717) is 0 Å². The van der Waals surface area contributed by atoms with Crippen molar-refractivity contribution in [3.8, 4) is 0 Å². The van der Waals surface area contributed by atoms with Gasteiger partial charge in [-0.05, 0) is 12.8 Å². The minimum atomic E-state index is -4.35. The van der Waals surface area contributed by atoms with Gasteiger partial charge in [0.05, 0.1) is 13.1 Å². The van der Waals surface area contributed by atoms with Crippen molar-refractivity contribution in [2.75, 3.05) is 26.2 Å². The normalized spacial score (nSPS) is 11.3. The predicted molar refractivity (Wildman–Crippen MR) is 97.1 cm³/mol. The van der Waals surface area contributed by atoms with Crippen LogP contribution in [0.15, 0.2) is 0 Å². The summed E-state index contributed by atoms with van der Waals surface area (Å²) in [5.74, 6) is -8.46. The number of nitro groups is 7. The molecule has 0 fully saturated rings. The van der Waals surface area contributed by atoms with Gasteiger partial charge in [-0.3, -0.25) is 50.6 Å². The fourth-order valence-electron chi connectivity index (χ4n) is 2.41. The van der Waals surface area contributed by atoms with Gasteiger partial charge in [0, 0.05) is 0 Å². The van der Waals surface area contributed by atoms with Crippen LogP contribution >= 0.6 is 0 Å². The van der Waals surface area contributed by atoms with E-state index in [1.54, 1.807) is 0 Å². The molecule has 192 valence electrons. The smallest absolute Gasteiger partial charge is 0.256 e. The summed E-state index contributed by atoms with van der Waals surface area (Å²) in [5, 5.41) is 72.7. The number of halogens is 1. The summed E-state index contributed by atoms with van der Waals surface area (Å²) >= 11 is 0. The molecule has 0 aromatic rings. The molecular weight excluding hydrogens is 489 g/mol. The van der Waals surface area contributed by atoms with E-state index >= 15 is 0 Å². The molecule has 0 unspecified atom stereocenters. The Labute approximate surface area is 184 Å². The summed E-state index contributed by atoms with van der Waals surface area (Å²) in [6.45, 7) is -5.08. The first-order valence-electron chi connectivity index (χ1n) is 8.74. The molecule has 0 spiro atoms. The standard InChI is InChI=1S/C10H16FN9O14/c11-9(14(21)22,15(23)24)7-12(19(31)32)5-3-1-2-4-6-13(20(33)34)8-10(16(25)26,17(27)28)18(29)30/h1-8H2. The molecule has 0 bridgehead atoms. The second kappa shape index (κ2) is 11.8. The molecule has 0 aromatic heterocycles. The Hall–Kier alpha value is -4.67. The van der Waals surface area contributed by atoms with Crippen LogP contribution < -0.4 is 0 Å². The highest BCUT2D eigenvalue weighted by atomic mass is 19.2. The average Bonchev–Trinajstić information content (AvgIpc) is 2.69. The number of hydrogen-bond donors (Lipinski definition) is 0. The summed E-state index contributed by atoms with van der Waals surface area (Å²) in [6.07, 6.45) is -0.520. The lowest BCUT2D eigenvalue weighted by molar-refractivity contribution is -0.973. The van der Waals surface area contributed by atoms with Gasteiger partial charge in [-0.15, -0.1) is 10.0 Å². The van der Waals surface area contributed by atoms with Crippen LogP contribution in [0.3, 0.4) is 0 Å². The maximum Gasteiger partial charge on any atom is 0.723 e. The minimum absolute atomic E-state index is 0.0308. The van der Waals surface area contributed by atoms with E-state index in [4.69, 9.17) is 0 Å². The van der Waals surface area contributed by atoms with Gasteiger partial charge in [0.15, 0.2) is 24.8 Å². The SMILES string of the molecule is O=[N+]([O-])N(CCCCCCN(CC([N+](=O)[O-])([N+](=O)[O-])[N+](=O)[O-])[N+](=O)[O-])CC(F)([N+](=O)[O-])[N+](=O)[O-]. The van der Waals surface area contributed by atoms with Crippen LogP contribution in [0.1, 0.15) is 25.7 Å². The Morgan fingerprint density at radius 3 is 1.12 bits per heavy atom. The van der Waals surface area contributed by atoms with Gasteiger partial charge in [-0.25, -0.2) is 20.2 Å². The van der Waals surface area contributed by atoms with Crippen molar-refractivity contribution in [3.05, 3.63) is 70.8 Å². The summed E-state index contributed by atoms with van der Waals surface area (Å²) in [4.78, 5) is 66.0. The van der Waals surface area contributed by atoms with E-state index in [-0.39, 0.29) is 35.7 Å². The van der Waals surface area contributed by atoms with Crippen molar-refractivity contribution in [1.29, 1.82) is 0 Å². The minimum Gasteiger partial charge on any atom is -0.256 e. The van der Waals surface area contributed by atoms with Crippen LogP contribution in [0.5, 0.6) is 0 Å². The van der Waals surface area contributed by atoms with Crippen LogP contribution in [0.25, 0.3) is 0 Å². The molecule has 0 aromatic carbocycles. The molecule has 0 saturated carbocycles. The topological polar surface area (TPSA) is 308 Å². The van der Waals surface area contributed by atoms with Gasteiger partial charge in [-0.2, -0.15) is 0 Å². The van der Waals surface area contributed by atoms with E-state index in [9.17, 15) is 75.2 Å². The fourth-order valence-corrected chi connectivity index (χ4v) is 2.41. The van der Waals surface area contributed by atoms with Gasteiger partial charge in [0.1, 0.15) is 9.85 Å². The van der Waals surface area contributed by atoms with Crippen molar-refractivity contribution in [1.82, 2.24) is 10.0 Å². The summed E-state index contributed by atoms with van der Waals surface area (Å²) < 4.78 is 13.8. The van der Waals surface area contributed by atoms with Crippen LogP contribution in [0.2, 0.25) is 0 Å². The molecule has 24 heteroatoms. The first kappa shape index (κ1) is 29.3.